The molecule has 0 aromatic heterocycles. The number of halogens is 5. The highest BCUT2D eigenvalue weighted by Gasteiger charge is 2.18. The van der Waals surface area contributed by atoms with Crippen molar-refractivity contribution in [2.24, 2.45) is 5.92 Å². The number of hydrogen-bond acceptors (Lipinski definition) is 0. The summed E-state index contributed by atoms with van der Waals surface area (Å²) in [5.74, 6) is -3.66. The van der Waals surface area contributed by atoms with E-state index in [1.165, 1.54) is 75.5 Å². The van der Waals surface area contributed by atoms with E-state index in [1.807, 2.05) is 0 Å². The van der Waals surface area contributed by atoms with E-state index in [1.54, 1.807) is 11.6 Å². The summed E-state index contributed by atoms with van der Waals surface area (Å²) in [6.07, 6.45) is 19.4. The molecule has 3 fully saturated rings. The van der Waals surface area contributed by atoms with Gasteiger partial charge in [-0.3, -0.25) is 0 Å². The van der Waals surface area contributed by atoms with Crippen molar-refractivity contribution >= 4 is 0 Å². The predicted molar refractivity (Wildman–Crippen MR) is 169 cm³/mol. The van der Waals surface area contributed by atoms with Gasteiger partial charge in [0, 0.05) is 0 Å². The van der Waals surface area contributed by atoms with E-state index in [0.717, 1.165) is 63.0 Å². The van der Waals surface area contributed by atoms with Crippen LogP contribution in [0.4, 0.5) is 22.0 Å². The van der Waals surface area contributed by atoms with Gasteiger partial charge in [-0.1, -0.05) is 100 Å². The zero-order valence-corrected chi connectivity index (χ0v) is 26.1. The van der Waals surface area contributed by atoms with Crippen LogP contribution < -0.4 is 0 Å². The normalized spacial score (nSPS) is 19.4. The molecule has 0 amide bonds. The SMILES string of the molecule is C=C(/C=C(F)\C(F)=C(/C)F)C1CCCCC1.Cc1ccc(C2CCCCC2)cc1.Fc1ccc(C2CCCCC2)cc1F. The molecule has 3 saturated carbocycles. The Morgan fingerprint density at radius 3 is 1.60 bits per heavy atom. The highest BCUT2D eigenvalue weighted by Crippen LogP contribution is 2.34. The quantitative estimate of drug-likeness (QED) is 0.237. The molecule has 0 N–H and O–H groups in total. The summed E-state index contributed by atoms with van der Waals surface area (Å²) >= 11 is 0. The molecule has 0 nitrogen and oxygen atoms in total. The fourth-order valence-electron chi connectivity index (χ4n) is 6.46. The number of aryl methyl sites for hydroxylation is 1. The lowest BCUT2D eigenvalue weighted by molar-refractivity contribution is 0.407. The van der Waals surface area contributed by atoms with Crippen LogP contribution in [0.15, 0.2) is 78.2 Å². The summed E-state index contributed by atoms with van der Waals surface area (Å²) in [6.45, 7) is 6.78. The van der Waals surface area contributed by atoms with Crippen LogP contribution in [-0.2, 0) is 0 Å². The molecule has 5 heteroatoms. The lowest BCUT2D eigenvalue weighted by Gasteiger charge is -2.21. The van der Waals surface area contributed by atoms with Crippen LogP contribution in [0.25, 0.3) is 0 Å². The second-order valence-corrected chi connectivity index (χ2v) is 12.5. The smallest absolute Gasteiger partial charge is 0.189 e. The van der Waals surface area contributed by atoms with Crippen molar-refractivity contribution < 1.29 is 22.0 Å². The van der Waals surface area contributed by atoms with Gasteiger partial charge in [0.05, 0.1) is 0 Å². The first kappa shape index (κ1) is 34.8. The lowest BCUT2D eigenvalue weighted by Crippen LogP contribution is -2.07. The first-order chi connectivity index (χ1) is 20.7. The van der Waals surface area contributed by atoms with Crippen molar-refractivity contribution in [2.45, 2.75) is 122 Å². The van der Waals surface area contributed by atoms with Crippen molar-refractivity contribution in [3.63, 3.8) is 0 Å². The van der Waals surface area contributed by atoms with Crippen LogP contribution in [0.3, 0.4) is 0 Å². The van der Waals surface area contributed by atoms with Crippen LogP contribution in [0.2, 0.25) is 0 Å². The third kappa shape index (κ3) is 11.7. The monoisotopic (exact) mass is 600 g/mol. The van der Waals surface area contributed by atoms with Gasteiger partial charge in [-0.25, -0.2) is 22.0 Å². The minimum Gasteiger partial charge on any atom is -0.209 e. The van der Waals surface area contributed by atoms with Crippen LogP contribution in [0, 0.1) is 24.5 Å². The molecule has 0 radical (unpaired) electrons. The fourth-order valence-corrected chi connectivity index (χ4v) is 6.46. The van der Waals surface area contributed by atoms with Crippen LogP contribution >= 0.6 is 0 Å². The highest BCUT2D eigenvalue weighted by atomic mass is 19.2. The Bertz CT molecular complexity index is 1190. The third-order valence-corrected chi connectivity index (χ3v) is 9.13. The van der Waals surface area contributed by atoms with Gasteiger partial charge in [0.25, 0.3) is 0 Å². The molecule has 3 aliphatic carbocycles. The van der Waals surface area contributed by atoms with E-state index in [9.17, 15) is 22.0 Å². The Hall–Kier alpha value is -2.69. The summed E-state index contributed by atoms with van der Waals surface area (Å²) < 4.78 is 64.1. The molecule has 2 aromatic rings. The van der Waals surface area contributed by atoms with Crippen molar-refractivity contribution in [1.82, 2.24) is 0 Å². The molecule has 3 aliphatic rings. The van der Waals surface area contributed by atoms with Crippen molar-refractivity contribution in [3.05, 3.63) is 106 Å². The Morgan fingerprint density at radius 2 is 1.12 bits per heavy atom. The molecule has 0 spiro atoms. The average Bonchev–Trinajstić information content (AvgIpc) is 3.04. The van der Waals surface area contributed by atoms with Gasteiger partial charge in [-0.05, 0) is 105 Å². The van der Waals surface area contributed by atoms with Gasteiger partial charge >= 0.3 is 0 Å². The summed E-state index contributed by atoms with van der Waals surface area (Å²) in [4.78, 5) is 0. The Balaban J connectivity index is 0.000000177. The molecule has 43 heavy (non-hydrogen) atoms. The summed E-state index contributed by atoms with van der Waals surface area (Å²) in [5.41, 5.74) is 4.46. The molecular weight excluding hydrogens is 551 g/mol. The molecule has 0 bridgehead atoms. The van der Waals surface area contributed by atoms with Crippen LogP contribution in [0.1, 0.15) is 132 Å². The van der Waals surface area contributed by atoms with Gasteiger partial charge in [-0.2, -0.15) is 0 Å². The maximum Gasteiger partial charge on any atom is 0.189 e. The van der Waals surface area contributed by atoms with Crippen LogP contribution in [-0.4, -0.2) is 0 Å². The first-order valence-electron chi connectivity index (χ1n) is 16.3. The van der Waals surface area contributed by atoms with Crippen molar-refractivity contribution in [1.29, 1.82) is 0 Å². The summed E-state index contributed by atoms with van der Waals surface area (Å²) in [7, 11) is 0. The maximum atomic E-state index is 13.2. The largest absolute Gasteiger partial charge is 0.209 e. The average molecular weight is 601 g/mol. The zero-order valence-electron chi connectivity index (χ0n) is 26.1. The topological polar surface area (TPSA) is 0 Å². The minimum atomic E-state index is -1.42. The highest BCUT2D eigenvalue weighted by molar-refractivity contribution is 5.30. The number of rotatable bonds is 5. The van der Waals surface area contributed by atoms with Gasteiger partial charge < -0.3 is 0 Å². The standard InChI is InChI=1S/C13H17F3.C13H18.C12H14F2/c1-9(11-6-4-3-5-7-11)8-12(15)13(16)10(2)14;1-11-7-9-13(10-8-11)12-5-3-2-4-6-12;13-11-7-6-10(8-12(11)14)9-4-2-1-3-5-9/h8,11H,1,3-7H2,2H3;7-10,12H,2-6H2,1H3;6-9H,1-5H2/b12-8+,13-10-;;. The second kappa shape index (κ2) is 18.2. The van der Waals surface area contributed by atoms with E-state index in [2.05, 4.69) is 37.8 Å². The molecule has 0 atom stereocenters. The molecule has 0 saturated heterocycles. The fraction of sp³-hybridized carbons (Fsp3) is 0.526. The molecule has 2 aromatic carbocycles. The number of allylic oxidation sites excluding steroid dienone is 5. The van der Waals surface area contributed by atoms with Gasteiger partial charge in [-0.15, -0.1) is 0 Å². The van der Waals surface area contributed by atoms with Gasteiger partial charge in [0.15, 0.2) is 23.3 Å². The molecule has 5 rings (SSSR count). The zero-order chi connectivity index (χ0) is 31.2. The van der Waals surface area contributed by atoms with Crippen LogP contribution in [0.5, 0.6) is 0 Å². The summed E-state index contributed by atoms with van der Waals surface area (Å²) in [6, 6.07) is 13.4. The van der Waals surface area contributed by atoms with Crippen molar-refractivity contribution in [3.8, 4) is 0 Å². The number of hydrogen-bond donors (Lipinski definition) is 0. The molecule has 0 unspecified atom stereocenters. The van der Waals surface area contributed by atoms with E-state index < -0.39 is 29.1 Å². The van der Waals surface area contributed by atoms with Crippen molar-refractivity contribution in [2.75, 3.05) is 0 Å². The predicted octanol–water partition coefficient (Wildman–Crippen LogP) is 13.2. The van der Waals surface area contributed by atoms with E-state index in [0.29, 0.717) is 11.5 Å². The van der Waals surface area contributed by atoms with E-state index in [-0.39, 0.29) is 5.92 Å². The van der Waals surface area contributed by atoms with E-state index >= 15 is 0 Å². The minimum absolute atomic E-state index is 0.215. The van der Waals surface area contributed by atoms with E-state index in [4.69, 9.17) is 0 Å². The molecular formula is C38H49F5. The molecule has 236 valence electrons. The number of benzene rings is 2. The maximum absolute atomic E-state index is 13.2. The Morgan fingerprint density at radius 1 is 0.651 bits per heavy atom. The Kier molecular flexibility index (Phi) is 14.7. The Labute approximate surface area is 256 Å². The molecule has 0 heterocycles. The third-order valence-electron chi connectivity index (χ3n) is 9.13. The summed E-state index contributed by atoms with van der Waals surface area (Å²) in [5, 5.41) is 0. The van der Waals surface area contributed by atoms with Gasteiger partial charge in [0.1, 0.15) is 5.83 Å². The first-order valence-corrected chi connectivity index (χ1v) is 16.3. The van der Waals surface area contributed by atoms with Gasteiger partial charge in [0.2, 0.25) is 0 Å². The second-order valence-electron chi connectivity index (χ2n) is 12.5. The molecule has 0 aliphatic heterocycles. The lowest BCUT2D eigenvalue weighted by atomic mass is 9.84.